The van der Waals surface area contributed by atoms with E-state index in [0.29, 0.717) is 14.8 Å². The highest BCUT2D eigenvalue weighted by molar-refractivity contribution is 9.11. The Balaban J connectivity index is 1.97. The second-order valence-electron chi connectivity index (χ2n) is 8.64. The van der Waals surface area contributed by atoms with E-state index in [2.05, 4.69) is 44.0 Å². The minimum Gasteiger partial charge on any atom is -0.384 e. The number of hydrogen-bond donors (Lipinski definition) is 1. The first-order chi connectivity index (χ1) is 17.1. The van der Waals surface area contributed by atoms with Gasteiger partial charge in [-0.3, -0.25) is 9.36 Å². The van der Waals surface area contributed by atoms with Gasteiger partial charge in [0.15, 0.2) is 0 Å². The van der Waals surface area contributed by atoms with Crippen LogP contribution in [-0.2, 0) is 0 Å². The number of rotatable bonds is 4. The normalized spacial score (nSPS) is 15.4. The van der Waals surface area contributed by atoms with Crippen molar-refractivity contribution in [1.82, 2.24) is 4.57 Å². The van der Waals surface area contributed by atoms with Gasteiger partial charge in [0.25, 0.3) is 5.56 Å². The molecule has 0 fully saturated rings. The first-order valence-electron chi connectivity index (χ1n) is 10.8. The zero-order valence-electron chi connectivity index (χ0n) is 20.0. The molecule has 4 rings (SSSR count). The molecule has 0 bridgehead atoms. The van der Waals surface area contributed by atoms with Gasteiger partial charge < -0.3 is 15.5 Å². The number of allylic oxidation sites excluding steroid dienone is 1. The maximum atomic E-state index is 13.4. The SMILES string of the molecule is CN(C)c1ccc(/C=c2/sc3n(c2=O)C(N)=C(C#N)[C@@H](c2ccc(N(C)C)c(Br)c2)C=3C#N)cc1Br. The van der Waals surface area contributed by atoms with Gasteiger partial charge in [0.2, 0.25) is 0 Å². The lowest BCUT2D eigenvalue weighted by Crippen LogP contribution is -2.38. The van der Waals surface area contributed by atoms with Crippen LogP contribution in [0.3, 0.4) is 0 Å². The molecular weight excluding hydrogens is 604 g/mol. The van der Waals surface area contributed by atoms with Gasteiger partial charge in [0, 0.05) is 37.1 Å². The first-order valence-corrected chi connectivity index (χ1v) is 13.2. The standard InChI is InChI=1S/C26H22Br2N6OS/c1-32(2)20-7-5-14(9-18(20)27)10-22-25(35)34-24(31)16(12-29)23(17(13-30)26(34)36-22)15-6-8-21(33(3)4)19(28)11-15/h5-11,23H,31H2,1-4H3/b22-10+/t23-/m1/s1. The molecule has 182 valence electrons. The predicted molar refractivity (Wildman–Crippen MR) is 153 cm³/mol. The van der Waals surface area contributed by atoms with Gasteiger partial charge in [0.1, 0.15) is 10.5 Å². The Bertz CT molecular complexity index is 1680. The summed E-state index contributed by atoms with van der Waals surface area (Å²) in [7, 11) is 7.77. The first kappa shape index (κ1) is 25.8. The van der Waals surface area contributed by atoms with Gasteiger partial charge in [-0.05, 0) is 73.3 Å². The molecule has 1 atom stereocenters. The quantitative estimate of drug-likeness (QED) is 0.476. The monoisotopic (exact) mass is 624 g/mol. The van der Waals surface area contributed by atoms with Crippen molar-refractivity contribution >= 4 is 72.0 Å². The number of anilines is 2. The summed E-state index contributed by atoms with van der Waals surface area (Å²) in [6, 6.07) is 15.9. The van der Waals surface area contributed by atoms with Crippen LogP contribution in [0.15, 0.2) is 55.7 Å². The summed E-state index contributed by atoms with van der Waals surface area (Å²) in [6.07, 6.45) is 1.77. The molecular formula is C26H22Br2N6OS. The van der Waals surface area contributed by atoms with Crippen molar-refractivity contribution in [2.24, 2.45) is 5.73 Å². The topological polar surface area (TPSA) is 102 Å². The van der Waals surface area contributed by atoms with Crippen molar-refractivity contribution in [3.8, 4) is 12.1 Å². The van der Waals surface area contributed by atoms with E-state index in [4.69, 9.17) is 5.73 Å². The lowest BCUT2D eigenvalue weighted by atomic mass is 9.84. The van der Waals surface area contributed by atoms with Crippen LogP contribution >= 0.6 is 43.2 Å². The molecule has 0 radical (unpaired) electrons. The van der Waals surface area contributed by atoms with Crippen LogP contribution in [0.25, 0.3) is 17.5 Å². The van der Waals surface area contributed by atoms with Crippen LogP contribution < -0.4 is 30.3 Å². The second kappa shape index (κ2) is 9.98. The minimum atomic E-state index is -0.674. The third-order valence-corrected chi connectivity index (χ3v) is 8.31. The van der Waals surface area contributed by atoms with Gasteiger partial charge in [-0.25, -0.2) is 0 Å². The molecule has 3 aromatic rings. The Kier molecular flexibility index (Phi) is 7.14. The fourth-order valence-corrected chi connectivity index (χ4v) is 6.81. The maximum Gasteiger partial charge on any atom is 0.274 e. The summed E-state index contributed by atoms with van der Waals surface area (Å²) in [5.41, 5.74) is 10.1. The molecule has 0 aliphatic carbocycles. The highest BCUT2D eigenvalue weighted by Crippen LogP contribution is 2.38. The third kappa shape index (κ3) is 4.37. The lowest BCUT2D eigenvalue weighted by Gasteiger charge is -2.23. The summed E-state index contributed by atoms with van der Waals surface area (Å²) in [4.78, 5) is 17.3. The van der Waals surface area contributed by atoms with Crippen molar-refractivity contribution < 1.29 is 0 Å². The molecule has 0 saturated heterocycles. The highest BCUT2D eigenvalue weighted by atomic mass is 79.9. The van der Waals surface area contributed by atoms with E-state index in [1.807, 2.05) is 74.4 Å². The minimum absolute atomic E-state index is 0.0503. The molecule has 36 heavy (non-hydrogen) atoms. The van der Waals surface area contributed by atoms with Gasteiger partial charge in [-0.15, -0.1) is 11.3 Å². The van der Waals surface area contributed by atoms with E-state index in [1.54, 1.807) is 6.08 Å². The molecule has 2 N–H and O–H groups in total. The maximum absolute atomic E-state index is 13.4. The molecule has 0 unspecified atom stereocenters. The molecule has 7 nitrogen and oxygen atoms in total. The summed E-state index contributed by atoms with van der Waals surface area (Å²) in [5, 5.41) is 20.2. The van der Waals surface area contributed by atoms with Gasteiger partial charge >= 0.3 is 0 Å². The molecule has 1 aliphatic rings. The zero-order valence-corrected chi connectivity index (χ0v) is 24.0. The molecule has 10 heteroatoms. The van der Waals surface area contributed by atoms with Gasteiger partial charge in [-0.1, -0.05) is 12.1 Å². The van der Waals surface area contributed by atoms with Crippen LogP contribution in [0.2, 0.25) is 0 Å². The summed E-state index contributed by atoms with van der Waals surface area (Å²) in [6.45, 7) is 0. The molecule has 1 aliphatic heterocycles. The molecule has 2 aromatic carbocycles. The summed E-state index contributed by atoms with van der Waals surface area (Å²) >= 11 is 8.37. The van der Waals surface area contributed by atoms with Gasteiger partial charge in [0.05, 0.1) is 45.1 Å². The number of benzene rings is 2. The third-order valence-electron chi connectivity index (χ3n) is 5.93. The fourth-order valence-electron chi connectivity index (χ4n) is 4.18. The molecule has 0 spiro atoms. The van der Waals surface area contributed by atoms with Crippen molar-refractivity contribution in [2.45, 2.75) is 5.92 Å². The van der Waals surface area contributed by atoms with Crippen molar-refractivity contribution in [3.63, 3.8) is 0 Å². The Morgan fingerprint density at radius 3 is 2.08 bits per heavy atom. The molecule has 0 saturated carbocycles. The molecule has 2 heterocycles. The average molecular weight is 626 g/mol. The van der Waals surface area contributed by atoms with Crippen LogP contribution in [0.1, 0.15) is 17.0 Å². The van der Waals surface area contributed by atoms with E-state index < -0.39 is 5.92 Å². The van der Waals surface area contributed by atoms with Crippen LogP contribution in [-0.4, -0.2) is 32.8 Å². The van der Waals surface area contributed by atoms with Crippen molar-refractivity contribution in [2.75, 3.05) is 38.0 Å². The average Bonchev–Trinajstić information content (AvgIpc) is 3.14. The van der Waals surface area contributed by atoms with Gasteiger partial charge in [-0.2, -0.15) is 10.5 Å². The number of fused-ring (bicyclic) bond motifs is 1. The smallest absolute Gasteiger partial charge is 0.274 e. The zero-order chi connectivity index (χ0) is 26.3. The molecule has 0 amide bonds. The summed E-state index contributed by atoms with van der Waals surface area (Å²) < 4.78 is 3.87. The Morgan fingerprint density at radius 2 is 1.56 bits per heavy atom. The van der Waals surface area contributed by atoms with E-state index in [9.17, 15) is 15.3 Å². The van der Waals surface area contributed by atoms with E-state index >= 15 is 0 Å². The van der Waals surface area contributed by atoms with Crippen molar-refractivity contribution in [3.05, 3.63) is 81.6 Å². The van der Waals surface area contributed by atoms with Crippen LogP contribution in [0.5, 0.6) is 0 Å². The number of aromatic nitrogens is 1. The van der Waals surface area contributed by atoms with E-state index in [0.717, 1.165) is 31.4 Å². The number of thiazole rings is 1. The van der Waals surface area contributed by atoms with Crippen molar-refractivity contribution in [1.29, 1.82) is 10.5 Å². The Hall–Kier alpha value is -3.31. The predicted octanol–water partition coefficient (Wildman–Crippen LogP) is 3.52. The number of halogens is 2. The second-order valence-corrected chi connectivity index (χ2v) is 11.4. The summed E-state index contributed by atoms with van der Waals surface area (Å²) in [5.74, 6) is -0.624. The van der Waals surface area contributed by atoms with E-state index in [1.165, 1.54) is 15.9 Å². The fraction of sp³-hybridized carbons (Fsp3) is 0.192. The highest BCUT2D eigenvalue weighted by Gasteiger charge is 2.32. The largest absolute Gasteiger partial charge is 0.384 e. The lowest BCUT2D eigenvalue weighted by molar-refractivity contribution is 0.905. The number of nitrogens with two attached hydrogens (primary N) is 1. The number of nitrogens with zero attached hydrogens (tertiary/aromatic N) is 5. The van der Waals surface area contributed by atoms with Crippen LogP contribution in [0, 0.1) is 22.7 Å². The number of hydrogen-bond acceptors (Lipinski definition) is 7. The Morgan fingerprint density at radius 1 is 0.972 bits per heavy atom. The Labute approximate surface area is 229 Å². The number of nitriles is 2. The van der Waals surface area contributed by atoms with Crippen LogP contribution in [0.4, 0.5) is 11.4 Å². The van der Waals surface area contributed by atoms with E-state index in [-0.39, 0.29) is 17.0 Å². The molecule has 1 aromatic heterocycles.